The molecule has 0 bridgehead atoms. The topological polar surface area (TPSA) is 165 Å². The first-order chi connectivity index (χ1) is 29.7. The first kappa shape index (κ1) is 48.4. The van der Waals surface area contributed by atoms with E-state index in [1.807, 2.05) is 9.80 Å². The van der Waals surface area contributed by atoms with Crippen molar-refractivity contribution in [2.75, 3.05) is 102 Å². The fourth-order valence-electron chi connectivity index (χ4n) is 7.06. The molecule has 20 heteroatoms. The van der Waals surface area contributed by atoms with E-state index >= 15 is 0 Å². The first-order valence-corrected chi connectivity index (χ1v) is 20.9. The van der Waals surface area contributed by atoms with Gasteiger partial charge in [0, 0.05) is 94.9 Å². The van der Waals surface area contributed by atoms with Gasteiger partial charge in [0.1, 0.15) is 33.7 Å². The third-order valence-electron chi connectivity index (χ3n) is 10.7. The molecule has 0 spiro atoms. The van der Waals surface area contributed by atoms with E-state index in [2.05, 4.69) is 92.5 Å². The molecule has 2 saturated heterocycles. The van der Waals surface area contributed by atoms with Gasteiger partial charge in [0.2, 0.25) is 11.9 Å². The van der Waals surface area contributed by atoms with Crippen LogP contribution in [0.25, 0.3) is 0 Å². The van der Waals surface area contributed by atoms with Gasteiger partial charge in [-0.15, -0.1) is 0 Å². The molecule has 6 rings (SSSR count). The van der Waals surface area contributed by atoms with E-state index in [-0.39, 0.29) is 34.7 Å². The summed E-state index contributed by atoms with van der Waals surface area (Å²) in [6.45, 7) is 19.1. The maximum Gasteiger partial charge on any atom is 0.421 e. The molecule has 0 unspecified atom stereocenters. The summed E-state index contributed by atoms with van der Waals surface area (Å²) in [5.74, 6) is 1.31. The molecule has 2 amide bonds. The minimum Gasteiger partial charge on any atom is -0.495 e. The number of methoxy groups -OCH3 is 2. The maximum absolute atomic E-state index is 13.1. The zero-order chi connectivity index (χ0) is 46.3. The monoisotopic (exact) mass is 898 g/mol. The van der Waals surface area contributed by atoms with Gasteiger partial charge in [-0.05, 0) is 77.9 Å². The van der Waals surface area contributed by atoms with Crippen LogP contribution in [0.2, 0.25) is 5.02 Å². The predicted molar refractivity (Wildman–Crippen MR) is 240 cm³/mol. The van der Waals surface area contributed by atoms with Gasteiger partial charge in [0.05, 0.1) is 31.8 Å². The Labute approximate surface area is 371 Å². The van der Waals surface area contributed by atoms with Crippen molar-refractivity contribution in [3.8, 4) is 11.5 Å². The van der Waals surface area contributed by atoms with Gasteiger partial charge in [-0.2, -0.15) is 23.1 Å². The zero-order valence-corrected chi connectivity index (χ0v) is 38.3. The summed E-state index contributed by atoms with van der Waals surface area (Å²) in [7, 11) is 6.10. The molecule has 2 aliphatic rings. The van der Waals surface area contributed by atoms with Gasteiger partial charge in [0.15, 0.2) is 0 Å². The maximum atomic E-state index is 13.1. The number of anilines is 6. The summed E-state index contributed by atoms with van der Waals surface area (Å²) < 4.78 is 50.1. The molecule has 2 aromatic carbocycles. The molecule has 0 aliphatic carbocycles. The molecule has 0 atom stereocenters. The van der Waals surface area contributed by atoms with Crippen LogP contribution in [-0.2, 0) is 6.18 Å². The number of amides is 2. The molecule has 16 nitrogen and oxygen atoms in total. The summed E-state index contributed by atoms with van der Waals surface area (Å²) in [6, 6.07) is 10.2. The van der Waals surface area contributed by atoms with Gasteiger partial charge in [-0.3, -0.25) is 19.4 Å². The lowest BCUT2D eigenvalue weighted by Crippen LogP contribution is -2.54. The molecule has 63 heavy (non-hydrogen) atoms. The van der Waals surface area contributed by atoms with E-state index in [4.69, 9.17) is 21.1 Å². The van der Waals surface area contributed by atoms with Crippen molar-refractivity contribution in [2.24, 2.45) is 0 Å². The molecule has 4 heterocycles. The van der Waals surface area contributed by atoms with E-state index in [1.54, 1.807) is 50.6 Å². The number of hydrogen-bond donors (Lipinski definition) is 4. The van der Waals surface area contributed by atoms with Crippen LogP contribution in [0.1, 0.15) is 67.8 Å². The number of alkyl halides is 3. The number of carbonyl (C=O) groups is 2. The van der Waals surface area contributed by atoms with Gasteiger partial charge >= 0.3 is 6.18 Å². The lowest BCUT2D eigenvalue weighted by Gasteiger charge is -2.42. The quantitative estimate of drug-likeness (QED) is 0.125. The van der Waals surface area contributed by atoms with Crippen LogP contribution in [0.5, 0.6) is 11.5 Å². The lowest BCUT2D eigenvalue weighted by molar-refractivity contribution is -0.137. The molecular weight excluding hydrogens is 841 g/mol. The van der Waals surface area contributed by atoms with Crippen molar-refractivity contribution in [1.82, 2.24) is 39.5 Å². The number of hydrogen-bond acceptors (Lipinski definition) is 14. The van der Waals surface area contributed by atoms with Crippen molar-refractivity contribution in [1.29, 1.82) is 0 Å². The number of aromatic nitrogens is 4. The summed E-state index contributed by atoms with van der Waals surface area (Å²) in [5, 5.41) is 11.8. The first-order valence-electron chi connectivity index (χ1n) is 20.5. The predicted octanol–water partition coefficient (Wildman–Crippen LogP) is 7.33. The van der Waals surface area contributed by atoms with Crippen LogP contribution in [-0.4, -0.2) is 143 Å². The number of benzene rings is 2. The van der Waals surface area contributed by atoms with Crippen LogP contribution in [0.3, 0.4) is 0 Å². The van der Waals surface area contributed by atoms with Crippen molar-refractivity contribution in [3.63, 3.8) is 0 Å². The largest absolute Gasteiger partial charge is 0.495 e. The van der Waals surface area contributed by atoms with Crippen molar-refractivity contribution >= 4 is 58.3 Å². The number of nitrogens with one attached hydrogen (secondary N) is 4. The van der Waals surface area contributed by atoms with Crippen LogP contribution in [0.4, 0.5) is 48.1 Å². The minimum atomic E-state index is -4.57. The highest BCUT2D eigenvalue weighted by molar-refractivity contribution is 6.32. The average molecular weight is 899 g/mol. The van der Waals surface area contributed by atoms with E-state index in [1.165, 1.54) is 20.4 Å². The van der Waals surface area contributed by atoms with E-state index in [9.17, 15) is 22.8 Å². The minimum absolute atomic E-state index is 0.00798. The molecule has 2 fully saturated rings. The highest BCUT2D eigenvalue weighted by Gasteiger charge is 2.35. The normalized spacial score (nSPS) is 15.2. The highest BCUT2D eigenvalue weighted by Crippen LogP contribution is 2.35. The molecule has 342 valence electrons. The average Bonchev–Trinajstić information content (AvgIpc) is 3.26. The lowest BCUT2D eigenvalue weighted by atomic mass is 10.0. The SMILES string of the molecule is CNc1nc(Nc2ccc(C(=O)N3CCN(C(C)(C)C)CC3)cc2OC)ncc1C(F)(F)F.CNc1nc(Nc2ccc(C(=O)N3CCN(C(C)(C)C)CC3)cc2OC)ncc1Cl. The number of nitrogens with zero attached hydrogens (tertiary/aromatic N) is 8. The van der Waals surface area contributed by atoms with Crippen LogP contribution >= 0.6 is 11.6 Å². The van der Waals surface area contributed by atoms with Gasteiger partial charge < -0.3 is 40.5 Å². The zero-order valence-electron chi connectivity index (χ0n) is 37.5. The van der Waals surface area contributed by atoms with E-state index < -0.39 is 11.7 Å². The van der Waals surface area contributed by atoms with E-state index in [0.717, 1.165) is 26.2 Å². The fourth-order valence-corrected chi connectivity index (χ4v) is 7.25. The smallest absolute Gasteiger partial charge is 0.421 e. The summed E-state index contributed by atoms with van der Waals surface area (Å²) in [5.41, 5.74) is 1.35. The van der Waals surface area contributed by atoms with Crippen LogP contribution < -0.4 is 30.7 Å². The third-order valence-corrected chi connectivity index (χ3v) is 11.0. The van der Waals surface area contributed by atoms with Gasteiger partial charge in [0.25, 0.3) is 11.8 Å². The van der Waals surface area contributed by atoms with Crippen molar-refractivity contribution < 1.29 is 32.2 Å². The summed E-state index contributed by atoms with van der Waals surface area (Å²) >= 11 is 6.04. The molecule has 4 N–H and O–H groups in total. The standard InChI is InChI=1S/C22H29F3N6O2.C21H29ClN6O2/c1-21(2,3)31-10-8-30(9-11-31)19(32)14-6-7-16(17(12-14)33-5)28-20-27-13-15(22(23,24)25)18(26-4)29-20;1-21(2,3)28-10-8-27(9-11-28)19(29)14-6-7-16(17(12-14)30-5)25-20-24-13-15(22)18(23-4)26-20/h6-7,12-13H,8-11H2,1-5H3,(H2,26,27,28,29);6-7,12-13H,8-11H2,1-5H3,(H2,23,24,25,26). The Morgan fingerprint density at radius 3 is 1.40 bits per heavy atom. The summed E-state index contributed by atoms with van der Waals surface area (Å²) in [6.07, 6.45) is -2.35. The number of halogens is 4. The molecule has 4 aromatic rings. The fraction of sp³-hybridized carbons (Fsp3) is 0.488. The van der Waals surface area contributed by atoms with Crippen molar-refractivity contribution in [2.45, 2.75) is 58.8 Å². The Kier molecular flexibility index (Phi) is 15.5. The molecule has 2 aliphatic heterocycles. The Morgan fingerprint density at radius 2 is 1.03 bits per heavy atom. The summed E-state index contributed by atoms with van der Waals surface area (Å²) in [4.78, 5) is 50.6. The second kappa shape index (κ2) is 20.2. The molecule has 0 radical (unpaired) electrons. The van der Waals surface area contributed by atoms with Gasteiger partial charge in [-0.1, -0.05) is 11.6 Å². The molecule has 0 saturated carbocycles. The second-order valence-electron chi connectivity index (χ2n) is 16.8. The highest BCUT2D eigenvalue weighted by atomic mass is 35.5. The molecule has 2 aromatic heterocycles. The number of rotatable bonds is 10. The second-order valence-corrected chi connectivity index (χ2v) is 17.2. The van der Waals surface area contributed by atoms with E-state index in [0.29, 0.717) is 83.2 Å². The number of piperazine rings is 2. The third kappa shape index (κ3) is 12.3. The van der Waals surface area contributed by atoms with Crippen LogP contribution in [0, 0.1) is 0 Å². The van der Waals surface area contributed by atoms with Crippen LogP contribution in [0.15, 0.2) is 48.8 Å². The number of carbonyl (C=O) groups excluding carboxylic acids is 2. The Balaban J connectivity index is 0.000000239. The Bertz CT molecular complexity index is 2220. The Morgan fingerprint density at radius 1 is 0.635 bits per heavy atom. The molecular formula is C43H58ClF3N12O4. The van der Waals surface area contributed by atoms with Crippen molar-refractivity contribution in [3.05, 3.63) is 70.5 Å². The number of ether oxygens (including phenoxy) is 2. The van der Waals surface area contributed by atoms with Gasteiger partial charge in [-0.25, -0.2) is 9.97 Å². The Hall–Kier alpha value is -5.66.